The topological polar surface area (TPSA) is 55.0 Å². The van der Waals surface area contributed by atoms with Crippen molar-refractivity contribution >= 4 is 11.6 Å². The summed E-state index contributed by atoms with van der Waals surface area (Å²) in [7, 11) is 0. The summed E-state index contributed by atoms with van der Waals surface area (Å²) >= 11 is 5.64. The standard InChI is InChI=1S/C13H13ClN2O2/c1-3-9-6-4-5-8(2)12(9)18-13-10(17)7-11(14)15-16-13/h4-7H,3H2,1-2H3,(H,15,17). The van der Waals surface area contributed by atoms with Crippen molar-refractivity contribution in [1.82, 2.24) is 10.2 Å². The minimum atomic E-state index is -0.343. The molecular formula is C13H13ClN2O2. The van der Waals surface area contributed by atoms with Gasteiger partial charge in [0, 0.05) is 6.07 Å². The van der Waals surface area contributed by atoms with Crippen LogP contribution in [-0.2, 0) is 6.42 Å². The molecule has 0 aliphatic heterocycles. The summed E-state index contributed by atoms with van der Waals surface area (Å²) in [5, 5.41) is 6.49. The highest BCUT2D eigenvalue weighted by molar-refractivity contribution is 6.29. The SMILES string of the molecule is CCc1cccc(C)c1Oc1n[nH]c(Cl)cc1=O. The molecule has 0 unspecified atom stereocenters. The van der Waals surface area contributed by atoms with Gasteiger partial charge in [0.15, 0.2) is 0 Å². The summed E-state index contributed by atoms with van der Waals surface area (Å²) in [6.45, 7) is 3.96. The smallest absolute Gasteiger partial charge is 0.285 e. The van der Waals surface area contributed by atoms with Gasteiger partial charge in [-0.1, -0.05) is 36.7 Å². The van der Waals surface area contributed by atoms with Crippen molar-refractivity contribution in [2.45, 2.75) is 20.3 Å². The van der Waals surface area contributed by atoms with Gasteiger partial charge in [0.25, 0.3) is 5.88 Å². The fraction of sp³-hybridized carbons (Fsp3) is 0.231. The van der Waals surface area contributed by atoms with E-state index in [0.717, 1.165) is 17.5 Å². The maximum absolute atomic E-state index is 11.7. The Hall–Kier alpha value is -1.81. The zero-order valence-corrected chi connectivity index (χ0v) is 10.9. The highest BCUT2D eigenvalue weighted by Crippen LogP contribution is 2.27. The number of nitrogens with one attached hydrogen (secondary N) is 1. The lowest BCUT2D eigenvalue weighted by Crippen LogP contribution is -2.08. The molecule has 2 aromatic rings. The summed E-state index contributed by atoms with van der Waals surface area (Å²) in [6.07, 6.45) is 0.822. The fourth-order valence-electron chi connectivity index (χ4n) is 1.68. The number of rotatable bonds is 3. The Morgan fingerprint density at radius 1 is 1.44 bits per heavy atom. The Labute approximate surface area is 110 Å². The van der Waals surface area contributed by atoms with Crippen molar-refractivity contribution in [2.75, 3.05) is 0 Å². The Kier molecular flexibility index (Phi) is 3.67. The number of aromatic nitrogens is 2. The molecule has 1 N–H and O–H groups in total. The number of benzene rings is 1. The Bertz CT molecular complexity index is 623. The van der Waals surface area contributed by atoms with Gasteiger partial charge in [-0.3, -0.25) is 9.89 Å². The third-order valence-corrected chi connectivity index (χ3v) is 2.80. The number of para-hydroxylation sites is 1. The Balaban J connectivity index is 2.43. The van der Waals surface area contributed by atoms with E-state index in [1.165, 1.54) is 6.07 Å². The molecule has 0 atom stereocenters. The highest BCUT2D eigenvalue weighted by atomic mass is 35.5. The monoisotopic (exact) mass is 264 g/mol. The van der Waals surface area contributed by atoms with E-state index in [9.17, 15) is 4.79 Å². The first-order valence-corrected chi connectivity index (χ1v) is 6.01. The molecule has 1 heterocycles. The highest BCUT2D eigenvalue weighted by Gasteiger charge is 2.10. The molecule has 0 fully saturated rings. The van der Waals surface area contributed by atoms with E-state index in [2.05, 4.69) is 10.2 Å². The molecule has 0 amide bonds. The number of ether oxygens (including phenoxy) is 1. The molecule has 1 aromatic heterocycles. The van der Waals surface area contributed by atoms with Gasteiger partial charge >= 0.3 is 0 Å². The van der Waals surface area contributed by atoms with Crippen LogP contribution in [-0.4, -0.2) is 10.2 Å². The van der Waals surface area contributed by atoms with Crippen molar-refractivity contribution < 1.29 is 4.74 Å². The van der Waals surface area contributed by atoms with E-state index >= 15 is 0 Å². The summed E-state index contributed by atoms with van der Waals surface area (Å²) in [4.78, 5) is 11.7. The molecule has 0 spiro atoms. The minimum absolute atomic E-state index is 0.00315. The number of aryl methyl sites for hydroxylation is 2. The number of hydrogen-bond acceptors (Lipinski definition) is 3. The van der Waals surface area contributed by atoms with Crippen molar-refractivity contribution in [3.05, 3.63) is 50.8 Å². The van der Waals surface area contributed by atoms with Crippen molar-refractivity contribution in [3.63, 3.8) is 0 Å². The molecule has 2 rings (SSSR count). The fourth-order valence-corrected chi connectivity index (χ4v) is 1.82. The van der Waals surface area contributed by atoms with Crippen LogP contribution in [0.25, 0.3) is 0 Å². The van der Waals surface area contributed by atoms with Gasteiger partial charge in [-0.15, -0.1) is 5.10 Å². The van der Waals surface area contributed by atoms with E-state index < -0.39 is 0 Å². The second kappa shape index (κ2) is 5.23. The Morgan fingerprint density at radius 3 is 2.89 bits per heavy atom. The lowest BCUT2D eigenvalue weighted by Gasteiger charge is -2.11. The average Bonchev–Trinajstić information content (AvgIpc) is 2.34. The first-order chi connectivity index (χ1) is 8.61. The van der Waals surface area contributed by atoms with E-state index in [0.29, 0.717) is 5.75 Å². The van der Waals surface area contributed by atoms with Crippen LogP contribution >= 0.6 is 11.6 Å². The van der Waals surface area contributed by atoms with Gasteiger partial charge in [-0.25, -0.2) is 0 Å². The van der Waals surface area contributed by atoms with Crippen molar-refractivity contribution in [2.24, 2.45) is 0 Å². The molecule has 4 nitrogen and oxygen atoms in total. The van der Waals surface area contributed by atoms with Crippen LogP contribution in [0, 0.1) is 6.92 Å². The number of nitrogens with zero attached hydrogens (tertiary/aromatic N) is 1. The van der Waals surface area contributed by atoms with Crippen molar-refractivity contribution in [3.8, 4) is 11.6 Å². The maximum atomic E-state index is 11.7. The molecule has 5 heteroatoms. The first-order valence-electron chi connectivity index (χ1n) is 5.63. The van der Waals surface area contributed by atoms with Crippen molar-refractivity contribution in [1.29, 1.82) is 0 Å². The number of H-pyrrole nitrogens is 1. The molecule has 0 saturated carbocycles. The molecule has 0 saturated heterocycles. The summed E-state index contributed by atoms with van der Waals surface area (Å²) in [5.74, 6) is 0.684. The third kappa shape index (κ3) is 2.54. The van der Waals surface area contributed by atoms with Crippen LogP contribution in [0.3, 0.4) is 0 Å². The summed E-state index contributed by atoms with van der Waals surface area (Å²) in [5.41, 5.74) is 1.65. The number of halogens is 1. The quantitative estimate of drug-likeness (QED) is 0.927. The van der Waals surface area contributed by atoms with Crippen LogP contribution in [0.5, 0.6) is 11.6 Å². The zero-order chi connectivity index (χ0) is 13.1. The summed E-state index contributed by atoms with van der Waals surface area (Å²) < 4.78 is 5.60. The van der Waals surface area contributed by atoms with E-state index in [4.69, 9.17) is 16.3 Å². The van der Waals surface area contributed by atoms with E-state index in [-0.39, 0.29) is 16.5 Å². The molecule has 0 radical (unpaired) electrons. The maximum Gasteiger partial charge on any atom is 0.285 e. The average molecular weight is 265 g/mol. The van der Waals surface area contributed by atoms with Gasteiger partial charge in [0.2, 0.25) is 5.43 Å². The second-order valence-electron chi connectivity index (χ2n) is 3.90. The predicted molar refractivity (Wildman–Crippen MR) is 70.5 cm³/mol. The van der Waals surface area contributed by atoms with Crippen LogP contribution in [0.4, 0.5) is 0 Å². The third-order valence-electron chi connectivity index (χ3n) is 2.61. The van der Waals surface area contributed by atoms with Crippen LogP contribution in [0.1, 0.15) is 18.1 Å². The molecule has 0 aliphatic carbocycles. The molecule has 0 aliphatic rings. The first kappa shape index (κ1) is 12.6. The minimum Gasteiger partial charge on any atom is -0.434 e. The molecular weight excluding hydrogens is 252 g/mol. The van der Waals surface area contributed by atoms with E-state index in [1.807, 2.05) is 32.0 Å². The number of aromatic amines is 1. The van der Waals surface area contributed by atoms with Gasteiger partial charge in [0.1, 0.15) is 10.9 Å². The normalized spacial score (nSPS) is 10.4. The molecule has 18 heavy (non-hydrogen) atoms. The number of hydrogen-bond donors (Lipinski definition) is 1. The van der Waals surface area contributed by atoms with Crippen LogP contribution in [0.2, 0.25) is 5.15 Å². The second-order valence-corrected chi connectivity index (χ2v) is 4.31. The molecule has 0 bridgehead atoms. The molecule has 1 aromatic carbocycles. The van der Waals surface area contributed by atoms with Crippen LogP contribution < -0.4 is 10.2 Å². The molecule has 94 valence electrons. The predicted octanol–water partition coefficient (Wildman–Crippen LogP) is 3.09. The Morgan fingerprint density at radius 2 is 2.22 bits per heavy atom. The van der Waals surface area contributed by atoms with Gasteiger partial charge in [-0.05, 0) is 24.5 Å². The lowest BCUT2D eigenvalue weighted by molar-refractivity contribution is 0.442. The summed E-state index contributed by atoms with van der Waals surface area (Å²) in [6, 6.07) is 7.10. The van der Waals surface area contributed by atoms with Gasteiger partial charge in [-0.2, -0.15) is 0 Å². The lowest BCUT2D eigenvalue weighted by atomic mass is 10.1. The van der Waals surface area contributed by atoms with Gasteiger partial charge in [0.05, 0.1) is 0 Å². The van der Waals surface area contributed by atoms with E-state index in [1.54, 1.807) is 0 Å². The van der Waals surface area contributed by atoms with Gasteiger partial charge < -0.3 is 4.74 Å². The largest absolute Gasteiger partial charge is 0.434 e. The van der Waals surface area contributed by atoms with Crippen LogP contribution in [0.15, 0.2) is 29.1 Å². The zero-order valence-electron chi connectivity index (χ0n) is 10.2.